The molecule has 1 N–H and O–H groups in total. The fraction of sp³-hybridized carbons (Fsp3) is 0.238. The van der Waals surface area contributed by atoms with Crippen LogP contribution in [-0.2, 0) is 24.2 Å². The Kier molecular flexibility index (Phi) is 3.88. The van der Waals surface area contributed by atoms with E-state index in [0.717, 1.165) is 34.9 Å². The van der Waals surface area contributed by atoms with E-state index >= 15 is 0 Å². The maximum Gasteiger partial charge on any atom is 0.295 e. The molecule has 0 saturated carbocycles. The summed E-state index contributed by atoms with van der Waals surface area (Å²) in [7, 11) is 0. The van der Waals surface area contributed by atoms with Crippen LogP contribution < -0.4 is 0 Å². The van der Waals surface area contributed by atoms with Crippen LogP contribution >= 0.6 is 0 Å². The van der Waals surface area contributed by atoms with E-state index in [1.165, 1.54) is 5.56 Å². The highest BCUT2D eigenvalue weighted by atomic mass is 16.2. The normalized spacial score (nSPS) is 13.7. The molecule has 4 heteroatoms. The number of nitrogens with zero attached hydrogens (tertiary/aromatic N) is 1. The topological polar surface area (TPSA) is 53.2 Å². The molecule has 0 aliphatic carbocycles. The maximum atomic E-state index is 12.8. The summed E-state index contributed by atoms with van der Waals surface area (Å²) in [6.45, 7) is 3.17. The molecule has 4 nitrogen and oxygen atoms in total. The van der Waals surface area contributed by atoms with Gasteiger partial charge in [-0.05, 0) is 29.5 Å². The third-order valence-corrected chi connectivity index (χ3v) is 5.04. The molecule has 0 spiro atoms. The number of rotatable bonds is 3. The first-order chi connectivity index (χ1) is 12.2. The number of ketones is 1. The van der Waals surface area contributed by atoms with Crippen molar-refractivity contribution in [2.75, 3.05) is 6.54 Å². The largest absolute Gasteiger partial charge is 0.360 e. The van der Waals surface area contributed by atoms with E-state index < -0.39 is 11.7 Å². The highest BCUT2D eigenvalue weighted by Gasteiger charge is 2.28. The average molecular weight is 332 g/mol. The van der Waals surface area contributed by atoms with Crippen molar-refractivity contribution in [1.29, 1.82) is 0 Å². The molecule has 1 aromatic heterocycles. The Morgan fingerprint density at radius 1 is 1.08 bits per heavy atom. The fourth-order valence-corrected chi connectivity index (χ4v) is 3.63. The number of para-hydroxylation sites is 1. The molecule has 0 bridgehead atoms. The second-order valence-electron chi connectivity index (χ2n) is 6.47. The zero-order valence-corrected chi connectivity index (χ0v) is 14.2. The zero-order valence-electron chi connectivity index (χ0n) is 14.2. The summed E-state index contributed by atoms with van der Waals surface area (Å²) >= 11 is 0. The lowest BCUT2D eigenvalue weighted by Crippen LogP contribution is -2.40. The number of hydrogen-bond acceptors (Lipinski definition) is 2. The molecule has 0 atom stereocenters. The predicted octanol–water partition coefficient (Wildman–Crippen LogP) is 3.50. The molecule has 1 aliphatic rings. The van der Waals surface area contributed by atoms with E-state index in [1.807, 2.05) is 36.4 Å². The van der Waals surface area contributed by atoms with E-state index in [4.69, 9.17) is 0 Å². The highest BCUT2D eigenvalue weighted by molar-refractivity contribution is 6.44. The summed E-state index contributed by atoms with van der Waals surface area (Å²) in [5.41, 5.74) is 4.95. The number of aromatic amines is 1. The Balaban J connectivity index is 1.63. The summed E-state index contributed by atoms with van der Waals surface area (Å²) in [4.78, 5) is 30.4. The molecule has 0 fully saturated rings. The molecule has 2 aromatic carbocycles. The van der Waals surface area contributed by atoms with Crippen LogP contribution in [0.1, 0.15) is 34.0 Å². The molecule has 126 valence electrons. The minimum Gasteiger partial charge on any atom is -0.360 e. The molecule has 25 heavy (non-hydrogen) atoms. The Bertz CT molecular complexity index is 971. The van der Waals surface area contributed by atoms with E-state index in [1.54, 1.807) is 11.1 Å². The van der Waals surface area contributed by atoms with Gasteiger partial charge in [-0.2, -0.15) is 0 Å². The number of nitrogens with one attached hydrogen (secondary N) is 1. The van der Waals surface area contributed by atoms with E-state index in [0.29, 0.717) is 18.7 Å². The van der Waals surface area contributed by atoms with Crippen molar-refractivity contribution in [1.82, 2.24) is 9.88 Å². The number of hydrogen-bond donors (Lipinski definition) is 1. The van der Waals surface area contributed by atoms with Gasteiger partial charge < -0.3 is 9.88 Å². The number of H-pyrrole nitrogens is 1. The molecular formula is C21H20N2O2. The van der Waals surface area contributed by atoms with Crippen LogP contribution in [0.3, 0.4) is 0 Å². The minimum absolute atomic E-state index is 0.419. The first-order valence-corrected chi connectivity index (χ1v) is 8.68. The molecule has 2 heterocycles. The number of aryl methyl sites for hydroxylation is 1. The zero-order chi connectivity index (χ0) is 17.4. The van der Waals surface area contributed by atoms with Crippen LogP contribution in [-0.4, -0.2) is 28.1 Å². The van der Waals surface area contributed by atoms with Gasteiger partial charge in [0.05, 0.1) is 5.56 Å². The van der Waals surface area contributed by atoms with Crippen molar-refractivity contribution < 1.29 is 9.59 Å². The van der Waals surface area contributed by atoms with Crippen molar-refractivity contribution in [2.24, 2.45) is 0 Å². The first-order valence-electron chi connectivity index (χ1n) is 8.68. The highest BCUT2D eigenvalue weighted by Crippen LogP contribution is 2.24. The smallest absolute Gasteiger partial charge is 0.295 e. The number of carbonyl (C=O) groups is 2. The third-order valence-electron chi connectivity index (χ3n) is 5.04. The Hall–Kier alpha value is -2.88. The second kappa shape index (κ2) is 6.20. The van der Waals surface area contributed by atoms with Gasteiger partial charge in [-0.25, -0.2) is 0 Å². The fourth-order valence-electron chi connectivity index (χ4n) is 3.63. The summed E-state index contributed by atoms with van der Waals surface area (Å²) in [5.74, 6) is -0.851. The van der Waals surface area contributed by atoms with E-state index in [2.05, 4.69) is 18.0 Å². The second-order valence-corrected chi connectivity index (χ2v) is 6.47. The van der Waals surface area contributed by atoms with Gasteiger partial charge in [0, 0.05) is 30.2 Å². The van der Waals surface area contributed by atoms with Crippen LogP contribution in [0.4, 0.5) is 0 Å². The SMILES string of the molecule is CCc1cccc2c(C(=O)C(=O)N3CCc4ccccc4C3)c[nH]c12. The summed E-state index contributed by atoms with van der Waals surface area (Å²) in [6, 6.07) is 14.0. The lowest BCUT2D eigenvalue weighted by molar-refractivity contribution is -0.127. The maximum absolute atomic E-state index is 12.8. The number of benzene rings is 2. The van der Waals surface area contributed by atoms with Gasteiger partial charge in [-0.1, -0.05) is 49.4 Å². The van der Waals surface area contributed by atoms with Gasteiger partial charge >= 0.3 is 0 Å². The van der Waals surface area contributed by atoms with Crippen molar-refractivity contribution >= 4 is 22.6 Å². The monoisotopic (exact) mass is 332 g/mol. The van der Waals surface area contributed by atoms with Gasteiger partial charge in [-0.3, -0.25) is 9.59 Å². The first kappa shape index (κ1) is 15.6. The molecule has 1 amide bonds. The van der Waals surface area contributed by atoms with E-state index in [-0.39, 0.29) is 0 Å². The van der Waals surface area contributed by atoms with Crippen molar-refractivity contribution in [3.05, 3.63) is 70.9 Å². The molecular weight excluding hydrogens is 312 g/mol. The molecule has 1 aliphatic heterocycles. The van der Waals surface area contributed by atoms with Gasteiger partial charge in [-0.15, -0.1) is 0 Å². The number of amides is 1. The van der Waals surface area contributed by atoms with Crippen LogP contribution in [0.5, 0.6) is 0 Å². The van der Waals surface area contributed by atoms with Crippen LogP contribution in [0.15, 0.2) is 48.7 Å². The summed E-state index contributed by atoms with van der Waals surface area (Å²) in [5, 5.41) is 0.829. The van der Waals surface area contributed by atoms with Gasteiger partial charge in [0.15, 0.2) is 0 Å². The molecule has 0 unspecified atom stereocenters. The molecule has 0 radical (unpaired) electrons. The summed E-state index contributed by atoms with van der Waals surface area (Å²) < 4.78 is 0. The quantitative estimate of drug-likeness (QED) is 0.589. The average Bonchev–Trinajstić information content (AvgIpc) is 3.10. The Labute approximate surface area is 146 Å². The standard InChI is InChI=1S/C21H20N2O2/c1-2-14-8-5-9-17-18(12-22-19(14)17)20(24)21(25)23-11-10-15-6-3-4-7-16(15)13-23/h3-9,12,22H,2,10-11,13H2,1H3. The van der Waals surface area contributed by atoms with E-state index in [9.17, 15) is 9.59 Å². The Morgan fingerprint density at radius 2 is 1.88 bits per heavy atom. The third kappa shape index (κ3) is 2.64. The van der Waals surface area contributed by atoms with Gasteiger partial charge in [0.2, 0.25) is 0 Å². The van der Waals surface area contributed by atoms with Crippen molar-refractivity contribution in [2.45, 2.75) is 26.3 Å². The minimum atomic E-state index is -0.432. The number of aromatic nitrogens is 1. The van der Waals surface area contributed by atoms with Gasteiger partial charge in [0.1, 0.15) is 0 Å². The number of Topliss-reactive ketones (excluding diaryl/α,β-unsaturated/α-hetero) is 1. The Morgan fingerprint density at radius 3 is 2.68 bits per heavy atom. The molecule has 3 aromatic rings. The van der Waals surface area contributed by atoms with Gasteiger partial charge in [0.25, 0.3) is 11.7 Å². The van der Waals surface area contributed by atoms with Crippen molar-refractivity contribution in [3.63, 3.8) is 0 Å². The molecule has 4 rings (SSSR count). The van der Waals surface area contributed by atoms with Crippen LogP contribution in [0.25, 0.3) is 10.9 Å². The number of fused-ring (bicyclic) bond motifs is 2. The van der Waals surface area contributed by atoms with Crippen LogP contribution in [0, 0.1) is 0 Å². The predicted molar refractivity (Wildman–Crippen MR) is 97.6 cm³/mol. The lowest BCUT2D eigenvalue weighted by atomic mass is 9.99. The lowest BCUT2D eigenvalue weighted by Gasteiger charge is -2.28. The summed E-state index contributed by atoms with van der Waals surface area (Å²) in [6.07, 6.45) is 3.34. The van der Waals surface area contributed by atoms with Crippen molar-refractivity contribution in [3.8, 4) is 0 Å². The van der Waals surface area contributed by atoms with Crippen LogP contribution in [0.2, 0.25) is 0 Å². The number of carbonyl (C=O) groups excluding carboxylic acids is 2. The molecule has 0 saturated heterocycles.